The number of carbonyl (C=O) groups is 1. The summed E-state index contributed by atoms with van der Waals surface area (Å²) in [5, 5.41) is 20.6. The summed E-state index contributed by atoms with van der Waals surface area (Å²) in [6, 6.07) is 0. The monoisotopic (exact) mass is 414 g/mol. The number of aliphatic hydroxyl groups is 1. The van der Waals surface area contributed by atoms with Gasteiger partial charge < -0.3 is 20.5 Å². The standard InChI is InChI=1S/C19H26N8O3/c1-6-21-19(29)15-11(28)7-12(30-15)27-8-22-14-17(20-4)23-16(24-18(14)27)13-9(2)25-26(5)10(13)3/h8,11-12,15,28H,6-7H2,1-5H3,(H,21,29)(H,20,23,24)/t11-,12+,15-/m0/s1. The van der Waals surface area contributed by atoms with Crippen LogP contribution in [0, 0.1) is 13.8 Å². The van der Waals surface area contributed by atoms with Crippen LogP contribution in [0.4, 0.5) is 5.82 Å². The third-order valence-corrected chi connectivity index (χ3v) is 5.41. The molecular weight excluding hydrogens is 388 g/mol. The molecule has 30 heavy (non-hydrogen) atoms. The minimum Gasteiger partial charge on any atom is -0.390 e. The van der Waals surface area contributed by atoms with Crippen LogP contribution in [-0.2, 0) is 16.6 Å². The molecule has 0 aliphatic carbocycles. The van der Waals surface area contributed by atoms with Gasteiger partial charge in [0.15, 0.2) is 28.9 Å². The predicted octanol–water partition coefficient (Wildman–Crippen LogP) is 0.670. The highest BCUT2D eigenvalue weighted by molar-refractivity contribution is 5.85. The fourth-order valence-electron chi connectivity index (χ4n) is 3.85. The second-order valence-electron chi connectivity index (χ2n) is 7.35. The predicted molar refractivity (Wildman–Crippen MR) is 110 cm³/mol. The van der Waals surface area contributed by atoms with Gasteiger partial charge in [0.05, 0.1) is 23.7 Å². The number of hydrogen-bond acceptors (Lipinski definition) is 8. The van der Waals surface area contributed by atoms with Gasteiger partial charge in [0.1, 0.15) is 6.23 Å². The van der Waals surface area contributed by atoms with Crippen molar-refractivity contribution in [3.05, 3.63) is 17.7 Å². The molecule has 0 saturated carbocycles. The van der Waals surface area contributed by atoms with Gasteiger partial charge in [-0.15, -0.1) is 0 Å². The van der Waals surface area contributed by atoms with Gasteiger partial charge in [-0.25, -0.2) is 15.0 Å². The molecular formula is C19H26N8O3. The molecule has 3 N–H and O–H groups in total. The normalized spacial score (nSPS) is 21.3. The van der Waals surface area contributed by atoms with Crippen molar-refractivity contribution >= 4 is 22.9 Å². The number of imidazole rings is 1. The van der Waals surface area contributed by atoms with E-state index in [1.807, 2.05) is 27.8 Å². The number of fused-ring (bicyclic) bond motifs is 1. The van der Waals surface area contributed by atoms with E-state index in [1.165, 1.54) is 0 Å². The highest BCUT2D eigenvalue weighted by atomic mass is 16.5. The summed E-state index contributed by atoms with van der Waals surface area (Å²) < 4.78 is 9.41. The van der Waals surface area contributed by atoms with Gasteiger partial charge in [-0.1, -0.05) is 0 Å². The molecule has 1 fully saturated rings. The summed E-state index contributed by atoms with van der Waals surface area (Å²) in [6.45, 7) is 6.17. The number of carbonyl (C=O) groups excluding carboxylic acids is 1. The summed E-state index contributed by atoms with van der Waals surface area (Å²) in [5.41, 5.74) is 3.77. The molecule has 0 bridgehead atoms. The fraction of sp³-hybridized carbons (Fsp3) is 0.526. The Bertz CT molecular complexity index is 1110. The summed E-state index contributed by atoms with van der Waals surface area (Å²) in [7, 11) is 3.65. The first kappa shape index (κ1) is 20.2. The Labute approximate surface area is 173 Å². The number of ether oxygens (including phenoxy) is 1. The number of aliphatic hydroxyl groups excluding tert-OH is 1. The molecule has 1 aliphatic heterocycles. The van der Waals surface area contributed by atoms with Crippen molar-refractivity contribution in [2.24, 2.45) is 7.05 Å². The van der Waals surface area contributed by atoms with Crippen LogP contribution in [0.15, 0.2) is 6.33 Å². The van der Waals surface area contributed by atoms with Gasteiger partial charge >= 0.3 is 0 Å². The van der Waals surface area contributed by atoms with Crippen molar-refractivity contribution in [3.63, 3.8) is 0 Å². The van der Waals surface area contributed by atoms with Gasteiger partial charge in [-0.2, -0.15) is 5.10 Å². The zero-order chi connectivity index (χ0) is 21.6. The van der Waals surface area contributed by atoms with Gasteiger partial charge in [0, 0.05) is 32.8 Å². The Kier molecular flexibility index (Phi) is 5.16. The second-order valence-corrected chi connectivity index (χ2v) is 7.35. The van der Waals surface area contributed by atoms with Crippen molar-refractivity contribution in [2.75, 3.05) is 18.9 Å². The van der Waals surface area contributed by atoms with E-state index in [2.05, 4.69) is 25.7 Å². The zero-order valence-corrected chi connectivity index (χ0v) is 17.7. The fourth-order valence-corrected chi connectivity index (χ4v) is 3.85. The lowest BCUT2D eigenvalue weighted by Crippen LogP contribution is -2.40. The lowest BCUT2D eigenvalue weighted by Gasteiger charge is -2.15. The molecule has 0 aromatic carbocycles. The van der Waals surface area contributed by atoms with Crippen LogP contribution in [-0.4, -0.2) is 66.1 Å². The van der Waals surface area contributed by atoms with Crippen LogP contribution in [0.25, 0.3) is 22.6 Å². The quantitative estimate of drug-likeness (QED) is 0.555. The van der Waals surface area contributed by atoms with Gasteiger partial charge in [0.2, 0.25) is 0 Å². The SMILES string of the molecule is CCNC(=O)[C@H]1O[C@@H](n2cnc3c(NC)nc(-c4c(C)nn(C)c4C)nc32)C[C@@H]1O. The minimum absolute atomic E-state index is 0.256. The maximum absolute atomic E-state index is 12.2. The number of anilines is 1. The zero-order valence-electron chi connectivity index (χ0n) is 17.7. The molecule has 160 valence electrons. The largest absolute Gasteiger partial charge is 0.390 e. The molecule has 3 aromatic heterocycles. The third kappa shape index (κ3) is 3.19. The number of nitrogens with one attached hydrogen (secondary N) is 2. The van der Waals surface area contributed by atoms with E-state index in [4.69, 9.17) is 9.72 Å². The van der Waals surface area contributed by atoms with Crippen LogP contribution in [0.5, 0.6) is 0 Å². The highest BCUT2D eigenvalue weighted by Gasteiger charge is 2.40. The number of hydrogen-bond donors (Lipinski definition) is 3. The third-order valence-electron chi connectivity index (χ3n) is 5.41. The van der Waals surface area contributed by atoms with Crippen LogP contribution in [0.3, 0.4) is 0 Å². The first-order chi connectivity index (χ1) is 14.3. The maximum atomic E-state index is 12.2. The molecule has 0 unspecified atom stereocenters. The van der Waals surface area contributed by atoms with Crippen molar-refractivity contribution in [2.45, 2.75) is 45.6 Å². The second kappa shape index (κ2) is 7.65. The number of rotatable bonds is 5. The van der Waals surface area contributed by atoms with Crippen molar-refractivity contribution in [3.8, 4) is 11.4 Å². The minimum atomic E-state index is -0.930. The molecule has 11 nitrogen and oxygen atoms in total. The van der Waals surface area contributed by atoms with E-state index in [1.54, 1.807) is 22.6 Å². The van der Waals surface area contributed by atoms with Crippen LogP contribution in [0.1, 0.15) is 31.0 Å². The average Bonchev–Trinajstić information content (AvgIpc) is 3.37. The van der Waals surface area contributed by atoms with Crippen LogP contribution in [0.2, 0.25) is 0 Å². The van der Waals surface area contributed by atoms with E-state index in [0.29, 0.717) is 29.4 Å². The first-order valence-electron chi connectivity index (χ1n) is 9.89. The van der Waals surface area contributed by atoms with Crippen LogP contribution >= 0.6 is 0 Å². The Morgan fingerprint density at radius 3 is 2.77 bits per heavy atom. The van der Waals surface area contributed by atoms with Gasteiger partial charge in [-0.3, -0.25) is 14.0 Å². The molecule has 0 spiro atoms. The number of aryl methyl sites for hydroxylation is 2. The lowest BCUT2D eigenvalue weighted by molar-refractivity contribution is -0.137. The topological polar surface area (TPSA) is 132 Å². The molecule has 3 atom stereocenters. The molecule has 11 heteroatoms. The van der Waals surface area contributed by atoms with Crippen molar-refractivity contribution in [1.82, 2.24) is 34.6 Å². The number of aromatic nitrogens is 6. The van der Waals surface area contributed by atoms with E-state index < -0.39 is 18.4 Å². The molecule has 4 rings (SSSR count). The molecule has 1 aliphatic rings. The summed E-state index contributed by atoms with van der Waals surface area (Å²) in [4.78, 5) is 26.0. The Morgan fingerprint density at radius 1 is 1.37 bits per heavy atom. The summed E-state index contributed by atoms with van der Waals surface area (Å²) in [5.74, 6) is 0.774. The Balaban J connectivity index is 1.78. The smallest absolute Gasteiger partial charge is 0.251 e. The number of nitrogens with zero attached hydrogens (tertiary/aromatic N) is 6. The van der Waals surface area contributed by atoms with E-state index in [0.717, 1.165) is 17.0 Å². The maximum Gasteiger partial charge on any atom is 0.251 e. The molecule has 0 radical (unpaired) electrons. The summed E-state index contributed by atoms with van der Waals surface area (Å²) >= 11 is 0. The number of likely N-dealkylation sites (N-methyl/N-ethyl adjacent to an activating group) is 1. The summed E-state index contributed by atoms with van der Waals surface area (Å²) in [6.07, 6.45) is -0.551. The molecule has 1 saturated heterocycles. The Morgan fingerprint density at radius 2 is 2.13 bits per heavy atom. The molecule has 3 aromatic rings. The van der Waals surface area contributed by atoms with E-state index in [9.17, 15) is 9.90 Å². The van der Waals surface area contributed by atoms with Gasteiger partial charge in [0.25, 0.3) is 5.91 Å². The number of amides is 1. The molecule has 1 amide bonds. The molecule has 4 heterocycles. The first-order valence-corrected chi connectivity index (χ1v) is 9.89. The van der Waals surface area contributed by atoms with Gasteiger partial charge in [-0.05, 0) is 20.8 Å². The van der Waals surface area contributed by atoms with E-state index in [-0.39, 0.29) is 12.3 Å². The Hall–Kier alpha value is -3.05. The van der Waals surface area contributed by atoms with Crippen LogP contribution < -0.4 is 10.6 Å². The van der Waals surface area contributed by atoms with E-state index >= 15 is 0 Å². The van der Waals surface area contributed by atoms with Crippen molar-refractivity contribution in [1.29, 1.82) is 0 Å². The highest BCUT2D eigenvalue weighted by Crippen LogP contribution is 2.33. The lowest BCUT2D eigenvalue weighted by atomic mass is 10.1. The average molecular weight is 414 g/mol. The van der Waals surface area contributed by atoms with Crippen molar-refractivity contribution < 1.29 is 14.6 Å².